The van der Waals surface area contributed by atoms with Gasteiger partial charge in [-0.1, -0.05) is 69.8 Å². The molecule has 8 heteroatoms. The fourth-order valence-corrected chi connectivity index (χ4v) is 4.06. The molecule has 10 heavy (non-hydrogen) atoms. The summed E-state index contributed by atoms with van der Waals surface area (Å²) in [6.45, 7) is 0. The van der Waals surface area contributed by atoms with Crippen LogP contribution in [0.2, 0.25) is 0 Å². The lowest BCUT2D eigenvalue weighted by Gasteiger charge is -2.18. The van der Waals surface area contributed by atoms with E-state index >= 15 is 0 Å². The Morgan fingerprint density at radius 2 is 1.30 bits per heavy atom. The SMILES string of the molecule is ClSC(Cl)(Cl)SC(Cl)(Cl)Cl. The number of hydrogen-bond donors (Lipinski definition) is 0. The molecule has 0 aliphatic heterocycles. The van der Waals surface area contributed by atoms with Crippen molar-refractivity contribution in [2.24, 2.45) is 0 Å². The standard InChI is InChI=1S/C2Cl6S2/c3-1(4,5)9-2(6,7)10-8. The van der Waals surface area contributed by atoms with Crippen molar-refractivity contribution >= 4 is 91.4 Å². The molecule has 62 valence electrons. The lowest BCUT2D eigenvalue weighted by atomic mass is 11.8. The molecule has 0 radical (unpaired) electrons. The molecule has 0 aliphatic carbocycles. The van der Waals surface area contributed by atoms with Crippen molar-refractivity contribution in [1.29, 1.82) is 0 Å². The summed E-state index contributed by atoms with van der Waals surface area (Å²) in [6, 6.07) is 0. The molecule has 0 aromatic heterocycles. The van der Waals surface area contributed by atoms with Gasteiger partial charge in [0.2, 0.25) is 6.12 Å². The van der Waals surface area contributed by atoms with Crippen LogP contribution in [0.1, 0.15) is 0 Å². The van der Waals surface area contributed by atoms with Crippen molar-refractivity contribution < 1.29 is 0 Å². The first kappa shape index (κ1) is 12.4. The van der Waals surface area contributed by atoms with Gasteiger partial charge in [0.25, 0.3) is 0 Å². The number of alkyl halides is 5. The number of thioether (sulfide) groups is 1. The van der Waals surface area contributed by atoms with Gasteiger partial charge in [-0.3, -0.25) is 0 Å². The van der Waals surface area contributed by atoms with Crippen LogP contribution >= 0.6 is 91.4 Å². The largest absolute Gasteiger partial charge is 0.241 e. The number of rotatable bonds is 2. The van der Waals surface area contributed by atoms with E-state index < -0.39 is 6.12 Å². The van der Waals surface area contributed by atoms with E-state index in [0.29, 0.717) is 11.0 Å². The zero-order valence-corrected chi connectivity index (χ0v) is 10.3. The van der Waals surface area contributed by atoms with Crippen molar-refractivity contribution in [2.75, 3.05) is 0 Å². The Morgan fingerprint density at radius 3 is 1.40 bits per heavy atom. The monoisotopic (exact) mass is 298 g/mol. The van der Waals surface area contributed by atoms with E-state index in [1.165, 1.54) is 0 Å². The minimum atomic E-state index is -1.55. The molecule has 0 heterocycles. The summed E-state index contributed by atoms with van der Waals surface area (Å²) in [4.78, 5) is 0. The van der Waals surface area contributed by atoms with Crippen LogP contribution in [0.3, 0.4) is 0 Å². The van der Waals surface area contributed by atoms with E-state index in [0.717, 1.165) is 11.8 Å². The molecule has 0 amide bonds. The molecule has 0 N–H and O–H groups in total. The molecule has 0 fully saturated rings. The van der Waals surface area contributed by atoms with E-state index in [2.05, 4.69) is 0 Å². The summed E-state index contributed by atoms with van der Waals surface area (Å²) in [5, 5.41) is 0. The Hall–Kier alpha value is 2.44. The normalized spacial score (nSPS) is 13.8. The third-order valence-electron chi connectivity index (χ3n) is 0.324. The smallest absolute Gasteiger partial charge is 0.0759 e. The minimum absolute atomic E-state index is 0.667. The van der Waals surface area contributed by atoms with Crippen molar-refractivity contribution in [1.82, 2.24) is 0 Å². The minimum Gasteiger partial charge on any atom is -0.0759 e. The van der Waals surface area contributed by atoms with Gasteiger partial charge < -0.3 is 0 Å². The van der Waals surface area contributed by atoms with Crippen LogP contribution in [0.4, 0.5) is 0 Å². The van der Waals surface area contributed by atoms with Gasteiger partial charge in [-0.15, -0.1) is 0 Å². The van der Waals surface area contributed by atoms with Crippen LogP contribution in [0.15, 0.2) is 0 Å². The summed E-state index contributed by atoms with van der Waals surface area (Å²) in [6.07, 6.45) is 0. The Labute approximate surface area is 96.7 Å². The van der Waals surface area contributed by atoms with Crippen LogP contribution in [0.5, 0.6) is 0 Å². The number of hydrogen-bond acceptors (Lipinski definition) is 2. The van der Waals surface area contributed by atoms with E-state index in [9.17, 15) is 0 Å². The molecule has 0 bridgehead atoms. The summed E-state index contributed by atoms with van der Waals surface area (Å²) in [5.41, 5.74) is 0. The maximum atomic E-state index is 5.51. The van der Waals surface area contributed by atoms with E-state index in [4.69, 9.17) is 68.7 Å². The van der Waals surface area contributed by atoms with Gasteiger partial charge in [-0.2, -0.15) is 0 Å². The molecular weight excluding hydrogens is 301 g/mol. The fourth-order valence-electron chi connectivity index (χ4n) is 0.150. The van der Waals surface area contributed by atoms with Crippen LogP contribution < -0.4 is 0 Å². The molecule has 0 aromatic carbocycles. The molecule has 0 saturated heterocycles. The molecule has 0 nitrogen and oxygen atoms in total. The summed E-state index contributed by atoms with van der Waals surface area (Å²) in [7, 11) is 5.92. The molecule has 0 spiro atoms. The highest BCUT2D eigenvalue weighted by atomic mass is 35.7. The number of halogens is 6. The predicted molar refractivity (Wildman–Crippen MR) is 55.8 cm³/mol. The first-order chi connectivity index (χ1) is 4.27. The average molecular weight is 301 g/mol. The fraction of sp³-hybridized carbons (Fsp3) is 1.00. The average Bonchev–Trinajstić information content (AvgIpc) is 1.60. The Balaban J connectivity index is 3.89. The van der Waals surface area contributed by atoms with Crippen molar-refractivity contribution in [3.63, 3.8) is 0 Å². The van der Waals surface area contributed by atoms with Crippen LogP contribution in [-0.4, -0.2) is 6.12 Å². The van der Waals surface area contributed by atoms with Crippen molar-refractivity contribution in [3.8, 4) is 0 Å². The molecule has 0 aromatic rings. The molecule has 0 atom stereocenters. The predicted octanol–water partition coefficient (Wildman–Crippen LogP) is 5.02. The van der Waals surface area contributed by atoms with E-state index in [-0.39, 0.29) is 0 Å². The third kappa shape index (κ3) is 7.11. The first-order valence-electron chi connectivity index (χ1n) is 1.71. The summed E-state index contributed by atoms with van der Waals surface area (Å²) >= 11 is 27.8. The second-order valence-corrected chi connectivity index (χ2v) is 9.18. The lowest BCUT2D eigenvalue weighted by molar-refractivity contribution is 1.70. The summed E-state index contributed by atoms with van der Waals surface area (Å²) < 4.78 is -2.88. The summed E-state index contributed by atoms with van der Waals surface area (Å²) in [5.74, 6) is 0. The Bertz CT molecular complexity index is 107. The Kier molecular flexibility index (Phi) is 5.74. The first-order valence-corrected chi connectivity index (χ1v) is 6.06. The van der Waals surface area contributed by atoms with Gasteiger partial charge >= 0.3 is 0 Å². The van der Waals surface area contributed by atoms with Crippen molar-refractivity contribution in [3.05, 3.63) is 0 Å². The van der Waals surface area contributed by atoms with Gasteiger partial charge in [-0.25, -0.2) is 0 Å². The van der Waals surface area contributed by atoms with Gasteiger partial charge in [0.15, 0.2) is 0 Å². The molecule has 0 aliphatic rings. The third-order valence-corrected chi connectivity index (χ3v) is 4.54. The maximum Gasteiger partial charge on any atom is 0.241 e. The van der Waals surface area contributed by atoms with Gasteiger partial charge in [0, 0.05) is 0 Å². The highest BCUT2D eigenvalue weighted by Crippen LogP contribution is 2.56. The molecular formula is C2Cl6S2. The molecule has 0 saturated carbocycles. The topological polar surface area (TPSA) is 0 Å². The van der Waals surface area contributed by atoms with Crippen molar-refractivity contribution in [2.45, 2.75) is 6.12 Å². The molecule has 0 rings (SSSR count). The lowest BCUT2D eigenvalue weighted by Crippen LogP contribution is -2.06. The zero-order valence-electron chi connectivity index (χ0n) is 4.08. The quantitative estimate of drug-likeness (QED) is 0.518. The van der Waals surface area contributed by atoms with Crippen LogP contribution in [0.25, 0.3) is 0 Å². The molecule has 0 unspecified atom stereocenters. The van der Waals surface area contributed by atoms with Crippen LogP contribution in [0, 0.1) is 0 Å². The van der Waals surface area contributed by atoms with Gasteiger partial charge in [0.1, 0.15) is 0 Å². The highest BCUT2D eigenvalue weighted by Gasteiger charge is 2.36. The Morgan fingerprint density at radius 1 is 0.900 bits per heavy atom. The highest BCUT2D eigenvalue weighted by molar-refractivity contribution is 8.34. The van der Waals surface area contributed by atoms with E-state index in [1.54, 1.807) is 0 Å². The van der Waals surface area contributed by atoms with Gasteiger partial charge in [0.05, 0.1) is 0 Å². The van der Waals surface area contributed by atoms with Crippen LogP contribution in [-0.2, 0) is 0 Å². The van der Waals surface area contributed by atoms with Gasteiger partial charge in [-0.05, 0) is 21.7 Å². The zero-order chi connectivity index (χ0) is 8.41. The maximum absolute atomic E-state index is 5.51. The van der Waals surface area contributed by atoms with E-state index in [1.807, 2.05) is 0 Å². The second kappa shape index (κ2) is 4.61. The second-order valence-electron chi connectivity index (χ2n) is 1.09.